The highest BCUT2D eigenvalue weighted by Crippen LogP contribution is 2.20. The summed E-state index contributed by atoms with van der Waals surface area (Å²) >= 11 is 0. The molecule has 1 aromatic carbocycles. The minimum atomic E-state index is -0.748. The number of likely N-dealkylation sites (N-methyl/N-ethyl adjacent to an activating group) is 1. The molecule has 1 aromatic rings. The van der Waals surface area contributed by atoms with Gasteiger partial charge in [0.1, 0.15) is 0 Å². The highest BCUT2D eigenvalue weighted by Gasteiger charge is 2.37. The van der Waals surface area contributed by atoms with E-state index in [1.54, 1.807) is 11.9 Å². The highest BCUT2D eigenvalue weighted by atomic mass is 35.5. The van der Waals surface area contributed by atoms with Crippen LogP contribution in [0.15, 0.2) is 30.3 Å². The van der Waals surface area contributed by atoms with Crippen molar-refractivity contribution in [1.29, 1.82) is 0 Å². The van der Waals surface area contributed by atoms with Crippen LogP contribution in [0.3, 0.4) is 0 Å². The zero-order chi connectivity index (χ0) is 13.0. The number of benzene rings is 1. The van der Waals surface area contributed by atoms with E-state index in [0.717, 1.165) is 5.56 Å². The van der Waals surface area contributed by atoms with E-state index in [1.807, 2.05) is 30.3 Å². The van der Waals surface area contributed by atoms with Crippen LogP contribution in [0.1, 0.15) is 18.4 Å². The molecule has 0 aliphatic carbocycles. The number of ether oxygens (including phenoxy) is 1. The summed E-state index contributed by atoms with van der Waals surface area (Å²) in [5.41, 5.74) is 6.55. The number of hydrogen-bond donors (Lipinski definition) is 1. The van der Waals surface area contributed by atoms with Crippen LogP contribution in [0.5, 0.6) is 0 Å². The van der Waals surface area contributed by atoms with E-state index < -0.39 is 5.54 Å². The van der Waals surface area contributed by atoms with Crippen molar-refractivity contribution in [3.63, 3.8) is 0 Å². The van der Waals surface area contributed by atoms with Crippen LogP contribution >= 0.6 is 12.4 Å². The molecule has 0 saturated carbocycles. The lowest BCUT2D eigenvalue weighted by Gasteiger charge is -2.35. The van der Waals surface area contributed by atoms with Gasteiger partial charge in [-0.3, -0.25) is 4.79 Å². The third-order valence-corrected chi connectivity index (χ3v) is 3.42. The van der Waals surface area contributed by atoms with E-state index in [4.69, 9.17) is 10.5 Å². The minimum absolute atomic E-state index is 0. The molecule has 106 valence electrons. The Morgan fingerprint density at radius 2 is 1.89 bits per heavy atom. The largest absolute Gasteiger partial charge is 0.381 e. The molecule has 1 aliphatic rings. The van der Waals surface area contributed by atoms with Gasteiger partial charge in [0, 0.05) is 26.8 Å². The number of nitrogens with zero attached hydrogens (tertiary/aromatic N) is 1. The summed E-state index contributed by atoms with van der Waals surface area (Å²) < 4.78 is 5.26. The standard InChI is InChI=1S/C14H20N2O2.ClH/c1-16(11-12-5-3-2-4-6-12)13(17)14(15)7-9-18-10-8-14;/h2-6H,7-11,15H2,1H3;1H. The van der Waals surface area contributed by atoms with Gasteiger partial charge in [0.05, 0.1) is 5.54 Å². The molecule has 19 heavy (non-hydrogen) atoms. The first kappa shape index (κ1) is 16.0. The van der Waals surface area contributed by atoms with Gasteiger partial charge in [-0.1, -0.05) is 30.3 Å². The predicted molar refractivity (Wildman–Crippen MR) is 77.1 cm³/mol. The molecule has 0 bridgehead atoms. The van der Waals surface area contributed by atoms with Gasteiger partial charge in [0.15, 0.2) is 0 Å². The molecule has 2 N–H and O–H groups in total. The maximum atomic E-state index is 12.4. The number of nitrogens with two attached hydrogens (primary N) is 1. The second-order valence-electron chi connectivity index (χ2n) is 4.92. The normalized spacial score (nSPS) is 17.4. The van der Waals surface area contributed by atoms with Crippen LogP contribution in [-0.2, 0) is 16.1 Å². The average molecular weight is 285 g/mol. The lowest BCUT2D eigenvalue weighted by Crippen LogP contribution is -2.57. The quantitative estimate of drug-likeness (QED) is 0.917. The molecule has 0 spiro atoms. The summed E-state index contributed by atoms with van der Waals surface area (Å²) in [6.07, 6.45) is 1.20. The third-order valence-electron chi connectivity index (χ3n) is 3.42. The Morgan fingerprint density at radius 3 is 2.47 bits per heavy atom. The first-order valence-electron chi connectivity index (χ1n) is 6.28. The van der Waals surface area contributed by atoms with Gasteiger partial charge < -0.3 is 15.4 Å². The van der Waals surface area contributed by atoms with Crippen molar-refractivity contribution < 1.29 is 9.53 Å². The smallest absolute Gasteiger partial charge is 0.242 e. The zero-order valence-corrected chi connectivity index (χ0v) is 12.0. The van der Waals surface area contributed by atoms with Crippen molar-refractivity contribution >= 4 is 18.3 Å². The summed E-state index contributed by atoms with van der Waals surface area (Å²) in [6, 6.07) is 9.93. The van der Waals surface area contributed by atoms with Gasteiger partial charge >= 0.3 is 0 Å². The van der Waals surface area contributed by atoms with E-state index in [2.05, 4.69) is 0 Å². The lowest BCUT2D eigenvalue weighted by molar-refractivity contribution is -0.139. The molecule has 1 fully saturated rings. The summed E-state index contributed by atoms with van der Waals surface area (Å²) in [5.74, 6) is 0.00894. The summed E-state index contributed by atoms with van der Waals surface area (Å²) in [6.45, 7) is 1.74. The van der Waals surface area contributed by atoms with Crippen molar-refractivity contribution in [2.75, 3.05) is 20.3 Å². The number of halogens is 1. The molecule has 1 amide bonds. The summed E-state index contributed by atoms with van der Waals surface area (Å²) in [4.78, 5) is 14.1. The summed E-state index contributed by atoms with van der Waals surface area (Å²) in [7, 11) is 1.80. The van der Waals surface area contributed by atoms with E-state index in [9.17, 15) is 4.79 Å². The summed E-state index contributed by atoms with van der Waals surface area (Å²) in [5, 5.41) is 0. The number of hydrogen-bond acceptors (Lipinski definition) is 3. The van der Waals surface area contributed by atoms with Gasteiger partial charge in [0.25, 0.3) is 0 Å². The van der Waals surface area contributed by atoms with Gasteiger partial charge in [0.2, 0.25) is 5.91 Å². The Labute approximate surface area is 120 Å². The van der Waals surface area contributed by atoms with Crippen LogP contribution in [0.4, 0.5) is 0 Å². The Morgan fingerprint density at radius 1 is 1.32 bits per heavy atom. The van der Waals surface area contributed by atoms with Gasteiger partial charge in [-0.2, -0.15) is 0 Å². The molecule has 1 aliphatic heterocycles. The van der Waals surface area contributed by atoms with E-state index >= 15 is 0 Å². The van der Waals surface area contributed by atoms with Crippen LogP contribution in [0.2, 0.25) is 0 Å². The molecule has 1 saturated heterocycles. The number of carbonyl (C=O) groups is 1. The predicted octanol–water partition coefficient (Wildman–Crippen LogP) is 1.57. The van der Waals surface area contributed by atoms with Crippen molar-refractivity contribution in [2.24, 2.45) is 5.73 Å². The van der Waals surface area contributed by atoms with E-state index in [1.165, 1.54) is 0 Å². The molecular formula is C14H21ClN2O2. The molecule has 0 aromatic heterocycles. The topological polar surface area (TPSA) is 55.6 Å². The van der Waals surface area contributed by atoms with Crippen molar-refractivity contribution in [3.8, 4) is 0 Å². The minimum Gasteiger partial charge on any atom is -0.381 e. The lowest BCUT2D eigenvalue weighted by atomic mass is 9.89. The van der Waals surface area contributed by atoms with Crippen LogP contribution in [0.25, 0.3) is 0 Å². The Balaban J connectivity index is 0.00000180. The van der Waals surface area contributed by atoms with Crippen LogP contribution in [-0.4, -0.2) is 36.6 Å². The van der Waals surface area contributed by atoms with E-state index in [-0.39, 0.29) is 18.3 Å². The van der Waals surface area contributed by atoms with Gasteiger partial charge in [-0.05, 0) is 18.4 Å². The third kappa shape index (κ3) is 3.93. The molecule has 0 radical (unpaired) electrons. The first-order valence-corrected chi connectivity index (χ1v) is 6.28. The molecule has 1 heterocycles. The Kier molecular flexibility index (Phi) is 5.79. The number of rotatable bonds is 3. The maximum absolute atomic E-state index is 12.4. The highest BCUT2D eigenvalue weighted by molar-refractivity contribution is 5.86. The molecular weight excluding hydrogens is 264 g/mol. The first-order chi connectivity index (χ1) is 8.62. The Bertz CT molecular complexity index is 405. The molecule has 0 unspecified atom stereocenters. The van der Waals surface area contributed by atoms with Gasteiger partial charge in [-0.25, -0.2) is 0 Å². The monoisotopic (exact) mass is 284 g/mol. The molecule has 0 atom stereocenters. The molecule has 4 nitrogen and oxygen atoms in total. The van der Waals surface area contributed by atoms with Crippen LogP contribution in [0, 0.1) is 0 Å². The number of carbonyl (C=O) groups excluding carboxylic acids is 1. The van der Waals surface area contributed by atoms with Crippen molar-refractivity contribution in [2.45, 2.75) is 24.9 Å². The SMILES string of the molecule is CN(Cc1ccccc1)C(=O)C1(N)CCOCC1.Cl. The second kappa shape index (κ2) is 6.89. The molecule has 2 rings (SSSR count). The zero-order valence-electron chi connectivity index (χ0n) is 11.2. The fourth-order valence-corrected chi connectivity index (χ4v) is 2.26. The average Bonchev–Trinajstić information content (AvgIpc) is 2.40. The Hall–Kier alpha value is -1.10. The van der Waals surface area contributed by atoms with Crippen molar-refractivity contribution in [3.05, 3.63) is 35.9 Å². The maximum Gasteiger partial charge on any atom is 0.242 e. The number of amides is 1. The fourth-order valence-electron chi connectivity index (χ4n) is 2.26. The van der Waals surface area contributed by atoms with Crippen LogP contribution < -0.4 is 5.73 Å². The fraction of sp³-hybridized carbons (Fsp3) is 0.500. The van der Waals surface area contributed by atoms with Gasteiger partial charge in [-0.15, -0.1) is 12.4 Å². The second-order valence-corrected chi connectivity index (χ2v) is 4.92. The molecule has 5 heteroatoms. The van der Waals surface area contributed by atoms with E-state index in [0.29, 0.717) is 32.6 Å². The van der Waals surface area contributed by atoms with Crippen molar-refractivity contribution in [1.82, 2.24) is 4.90 Å².